The van der Waals surface area contributed by atoms with Gasteiger partial charge >= 0.3 is 5.97 Å². The number of halogens is 1. The summed E-state index contributed by atoms with van der Waals surface area (Å²) in [6.07, 6.45) is -0.632. The molecule has 2 atom stereocenters. The van der Waals surface area contributed by atoms with Crippen LogP contribution in [0.2, 0.25) is 5.02 Å². The lowest BCUT2D eigenvalue weighted by molar-refractivity contribution is 0.0698. The predicted molar refractivity (Wildman–Crippen MR) is 119 cm³/mol. The van der Waals surface area contributed by atoms with Crippen LogP contribution in [0.3, 0.4) is 0 Å². The summed E-state index contributed by atoms with van der Waals surface area (Å²) in [5.41, 5.74) is 2.89. The van der Waals surface area contributed by atoms with Gasteiger partial charge in [0.15, 0.2) is 0 Å². The van der Waals surface area contributed by atoms with Crippen molar-refractivity contribution in [2.75, 3.05) is 18.4 Å². The van der Waals surface area contributed by atoms with Gasteiger partial charge in [0.2, 0.25) is 0 Å². The van der Waals surface area contributed by atoms with E-state index in [4.69, 9.17) is 11.6 Å². The second kappa shape index (κ2) is 9.89. The first kappa shape index (κ1) is 21.3. The van der Waals surface area contributed by atoms with Gasteiger partial charge < -0.3 is 20.8 Å². The van der Waals surface area contributed by atoms with Gasteiger partial charge in [0.05, 0.1) is 11.7 Å². The number of carboxylic acids is 1. The molecular weight excluding hydrogens is 408 g/mol. The summed E-state index contributed by atoms with van der Waals surface area (Å²) in [6, 6.07) is 16.7. The predicted octanol–water partition coefficient (Wildman–Crippen LogP) is 4.89. The maximum atomic E-state index is 11.4. The summed E-state index contributed by atoms with van der Waals surface area (Å²) >= 11 is 7.39. The number of benzene rings is 2. The number of anilines is 1. The Morgan fingerprint density at radius 3 is 2.69 bits per heavy atom. The van der Waals surface area contributed by atoms with E-state index in [-0.39, 0.29) is 6.04 Å². The number of aliphatic hydroxyl groups excluding tert-OH is 1. The Balaban J connectivity index is 1.54. The van der Waals surface area contributed by atoms with Gasteiger partial charge in [-0.2, -0.15) is 0 Å². The second-order valence-electron chi connectivity index (χ2n) is 6.81. The summed E-state index contributed by atoms with van der Waals surface area (Å²) in [4.78, 5) is 12.1. The number of aliphatic hydroxyl groups is 1. The standard InChI is InChI=1S/C22H23ClN2O3S/c1-14(24-13-20(26)15-4-2-6-17(23)10-15)12-25-18-7-3-5-16(11-18)21-19(22(27)28)8-9-29-21/h2-11,14,20,24-26H,12-13H2,1H3,(H,27,28). The molecular formula is C22H23ClN2O3S. The first-order chi connectivity index (χ1) is 13.9. The van der Waals surface area contributed by atoms with Crippen molar-refractivity contribution in [2.24, 2.45) is 0 Å². The van der Waals surface area contributed by atoms with Gasteiger partial charge in [-0.1, -0.05) is 35.9 Å². The van der Waals surface area contributed by atoms with Crippen LogP contribution in [0, 0.1) is 0 Å². The van der Waals surface area contributed by atoms with Crippen LogP contribution in [-0.4, -0.2) is 35.3 Å². The van der Waals surface area contributed by atoms with E-state index in [9.17, 15) is 15.0 Å². The van der Waals surface area contributed by atoms with Crippen molar-refractivity contribution >= 4 is 34.6 Å². The van der Waals surface area contributed by atoms with Crippen LogP contribution in [0.15, 0.2) is 60.0 Å². The van der Waals surface area contributed by atoms with Crippen molar-refractivity contribution < 1.29 is 15.0 Å². The third kappa shape index (κ3) is 5.81. The monoisotopic (exact) mass is 430 g/mol. The maximum absolute atomic E-state index is 11.4. The molecule has 0 saturated carbocycles. The lowest BCUT2D eigenvalue weighted by Gasteiger charge is -2.19. The highest BCUT2D eigenvalue weighted by Gasteiger charge is 2.14. The minimum absolute atomic E-state index is 0.115. The molecule has 0 bridgehead atoms. The summed E-state index contributed by atoms with van der Waals surface area (Å²) in [5.74, 6) is -0.921. The van der Waals surface area contributed by atoms with Crippen LogP contribution in [0.1, 0.15) is 28.9 Å². The Labute approximate surface area is 179 Å². The number of aromatic carboxylic acids is 1. The van der Waals surface area contributed by atoms with E-state index in [1.165, 1.54) is 11.3 Å². The molecule has 0 saturated heterocycles. The van der Waals surface area contributed by atoms with Gasteiger partial charge in [0.1, 0.15) is 0 Å². The van der Waals surface area contributed by atoms with E-state index < -0.39 is 12.1 Å². The molecule has 5 nitrogen and oxygen atoms in total. The van der Waals surface area contributed by atoms with Crippen LogP contribution in [0.5, 0.6) is 0 Å². The van der Waals surface area contributed by atoms with Crippen LogP contribution in [-0.2, 0) is 0 Å². The van der Waals surface area contributed by atoms with Crippen LogP contribution in [0.25, 0.3) is 10.4 Å². The number of rotatable bonds is 9. The number of hydrogen-bond acceptors (Lipinski definition) is 5. The van der Waals surface area contributed by atoms with E-state index in [1.54, 1.807) is 23.6 Å². The number of carboxylic acid groups (broad SMARTS) is 1. The molecule has 7 heteroatoms. The van der Waals surface area contributed by atoms with E-state index >= 15 is 0 Å². The largest absolute Gasteiger partial charge is 0.478 e. The first-order valence-electron chi connectivity index (χ1n) is 9.26. The molecule has 0 radical (unpaired) electrons. The third-order valence-corrected chi connectivity index (χ3v) is 5.72. The lowest BCUT2D eigenvalue weighted by atomic mass is 10.1. The Bertz CT molecular complexity index is 976. The molecule has 0 fully saturated rings. The number of thiophene rings is 1. The minimum Gasteiger partial charge on any atom is -0.478 e. The van der Waals surface area contributed by atoms with E-state index in [0.29, 0.717) is 23.7 Å². The lowest BCUT2D eigenvalue weighted by Crippen LogP contribution is -2.35. The summed E-state index contributed by atoms with van der Waals surface area (Å²) in [6.45, 7) is 3.10. The topological polar surface area (TPSA) is 81.6 Å². The van der Waals surface area contributed by atoms with E-state index in [2.05, 4.69) is 10.6 Å². The molecule has 0 aliphatic heterocycles. The molecule has 152 valence electrons. The Morgan fingerprint density at radius 2 is 1.93 bits per heavy atom. The highest BCUT2D eigenvalue weighted by Crippen LogP contribution is 2.31. The highest BCUT2D eigenvalue weighted by atomic mass is 35.5. The van der Waals surface area contributed by atoms with Gasteiger partial charge in [-0.05, 0) is 53.8 Å². The zero-order valence-electron chi connectivity index (χ0n) is 15.9. The average molecular weight is 431 g/mol. The molecule has 29 heavy (non-hydrogen) atoms. The number of hydrogen-bond donors (Lipinski definition) is 4. The Hall–Kier alpha value is -2.38. The van der Waals surface area contributed by atoms with Crippen molar-refractivity contribution in [3.8, 4) is 10.4 Å². The zero-order chi connectivity index (χ0) is 20.8. The Kier molecular flexibility index (Phi) is 7.28. The first-order valence-corrected chi connectivity index (χ1v) is 10.5. The number of carbonyl (C=O) groups is 1. The third-order valence-electron chi connectivity index (χ3n) is 4.53. The Morgan fingerprint density at radius 1 is 1.14 bits per heavy atom. The molecule has 4 N–H and O–H groups in total. The van der Waals surface area contributed by atoms with Crippen molar-refractivity contribution in [3.63, 3.8) is 0 Å². The highest BCUT2D eigenvalue weighted by molar-refractivity contribution is 7.14. The smallest absolute Gasteiger partial charge is 0.337 e. The summed E-state index contributed by atoms with van der Waals surface area (Å²) in [7, 11) is 0. The van der Waals surface area contributed by atoms with Gasteiger partial charge in [-0.25, -0.2) is 4.79 Å². The van der Waals surface area contributed by atoms with Crippen molar-refractivity contribution in [1.82, 2.24) is 5.32 Å². The molecule has 1 heterocycles. The quantitative estimate of drug-likeness (QED) is 0.388. The molecule has 0 amide bonds. The summed E-state index contributed by atoms with van der Waals surface area (Å²) < 4.78 is 0. The normalized spacial score (nSPS) is 13.1. The van der Waals surface area contributed by atoms with E-state index in [1.807, 2.05) is 43.3 Å². The van der Waals surface area contributed by atoms with Crippen molar-refractivity contribution in [3.05, 3.63) is 76.1 Å². The zero-order valence-corrected chi connectivity index (χ0v) is 17.5. The molecule has 2 aromatic carbocycles. The fraction of sp³-hybridized carbons (Fsp3) is 0.227. The maximum Gasteiger partial charge on any atom is 0.337 e. The molecule has 1 aromatic heterocycles. The van der Waals surface area contributed by atoms with Gasteiger partial charge in [-0.15, -0.1) is 11.3 Å². The van der Waals surface area contributed by atoms with Crippen molar-refractivity contribution in [1.29, 1.82) is 0 Å². The molecule has 2 unspecified atom stereocenters. The fourth-order valence-electron chi connectivity index (χ4n) is 2.96. The fourth-order valence-corrected chi connectivity index (χ4v) is 4.04. The van der Waals surface area contributed by atoms with E-state index in [0.717, 1.165) is 21.7 Å². The molecule has 3 rings (SSSR count). The molecule has 0 spiro atoms. The van der Waals surface area contributed by atoms with Crippen molar-refractivity contribution in [2.45, 2.75) is 19.1 Å². The SMILES string of the molecule is CC(CNc1cccc(-c2sccc2C(=O)O)c1)NCC(O)c1cccc(Cl)c1. The average Bonchev–Trinajstić information content (AvgIpc) is 3.21. The molecule has 0 aliphatic rings. The van der Waals surface area contributed by atoms with Gasteiger partial charge in [0, 0.05) is 34.7 Å². The minimum atomic E-state index is -0.921. The second-order valence-corrected chi connectivity index (χ2v) is 8.16. The van der Waals surface area contributed by atoms with Gasteiger partial charge in [-0.3, -0.25) is 0 Å². The molecule has 0 aliphatic carbocycles. The summed E-state index contributed by atoms with van der Waals surface area (Å²) in [5, 5.41) is 28.7. The van der Waals surface area contributed by atoms with Crippen LogP contribution in [0.4, 0.5) is 5.69 Å². The van der Waals surface area contributed by atoms with Crippen LogP contribution < -0.4 is 10.6 Å². The number of nitrogens with one attached hydrogen (secondary N) is 2. The van der Waals surface area contributed by atoms with Gasteiger partial charge in [0.25, 0.3) is 0 Å². The van der Waals surface area contributed by atoms with Crippen LogP contribution >= 0.6 is 22.9 Å². The molecule has 3 aromatic rings.